The van der Waals surface area contributed by atoms with Crippen LogP contribution in [0.5, 0.6) is 0 Å². The van der Waals surface area contributed by atoms with E-state index >= 15 is 0 Å². The second-order valence-electron chi connectivity index (χ2n) is 7.18. The van der Waals surface area contributed by atoms with Gasteiger partial charge in [-0.3, -0.25) is 14.2 Å². The fourth-order valence-electron chi connectivity index (χ4n) is 3.23. The van der Waals surface area contributed by atoms with Gasteiger partial charge in [0.15, 0.2) is 5.65 Å². The molecule has 2 aromatic carbocycles. The van der Waals surface area contributed by atoms with Crippen molar-refractivity contribution >= 4 is 40.1 Å². The first kappa shape index (κ1) is 21.1. The third kappa shape index (κ3) is 4.78. The van der Waals surface area contributed by atoms with Crippen molar-refractivity contribution in [1.82, 2.24) is 24.6 Å². The Labute approximate surface area is 188 Å². The lowest BCUT2D eigenvalue weighted by Crippen LogP contribution is -2.27. The van der Waals surface area contributed by atoms with E-state index in [2.05, 4.69) is 15.4 Å². The monoisotopic (exact) mass is 455 g/mol. The number of benzene rings is 2. The van der Waals surface area contributed by atoms with E-state index in [0.29, 0.717) is 46.3 Å². The standard InChI is InChI=1S/C22H19Cl2N5O2/c1-14-2-4-15(5-3-14)12-28-13-26-20-19(22(28)31)11-27-29(20)7-6-25-21(30)16-8-17(23)10-18(24)9-16/h2-5,8-11,13H,6-7,12H2,1H3,(H,25,30). The Hall–Kier alpha value is -3.16. The molecule has 1 amide bonds. The Morgan fingerprint density at radius 1 is 1.10 bits per heavy atom. The third-order valence-electron chi connectivity index (χ3n) is 4.83. The number of aryl methyl sites for hydroxylation is 1. The molecule has 0 aliphatic rings. The summed E-state index contributed by atoms with van der Waals surface area (Å²) in [6.45, 7) is 3.11. The number of nitrogens with one attached hydrogen (secondary N) is 1. The van der Waals surface area contributed by atoms with Crippen molar-refractivity contribution < 1.29 is 4.79 Å². The van der Waals surface area contributed by atoms with Crippen LogP contribution in [0.2, 0.25) is 10.0 Å². The summed E-state index contributed by atoms with van der Waals surface area (Å²) in [4.78, 5) is 29.5. The lowest BCUT2D eigenvalue weighted by Gasteiger charge is -2.08. The molecule has 0 saturated heterocycles. The summed E-state index contributed by atoms with van der Waals surface area (Å²) < 4.78 is 3.15. The van der Waals surface area contributed by atoms with Crippen LogP contribution < -0.4 is 10.9 Å². The van der Waals surface area contributed by atoms with Gasteiger partial charge in [-0.1, -0.05) is 53.0 Å². The van der Waals surface area contributed by atoms with Gasteiger partial charge < -0.3 is 5.32 Å². The quantitative estimate of drug-likeness (QED) is 0.480. The molecule has 0 aliphatic heterocycles. The summed E-state index contributed by atoms with van der Waals surface area (Å²) in [6.07, 6.45) is 3.03. The zero-order valence-corrected chi connectivity index (χ0v) is 18.2. The number of hydrogen-bond donors (Lipinski definition) is 1. The highest BCUT2D eigenvalue weighted by molar-refractivity contribution is 6.35. The van der Waals surface area contributed by atoms with Crippen molar-refractivity contribution in [3.8, 4) is 0 Å². The molecule has 7 nitrogen and oxygen atoms in total. The first-order valence-corrected chi connectivity index (χ1v) is 10.4. The van der Waals surface area contributed by atoms with Crippen molar-refractivity contribution in [3.63, 3.8) is 0 Å². The van der Waals surface area contributed by atoms with E-state index in [4.69, 9.17) is 23.2 Å². The lowest BCUT2D eigenvalue weighted by molar-refractivity contribution is 0.0952. The van der Waals surface area contributed by atoms with Crippen LogP contribution in [0.15, 0.2) is 59.8 Å². The largest absolute Gasteiger partial charge is 0.350 e. The molecule has 0 atom stereocenters. The fraction of sp³-hybridized carbons (Fsp3) is 0.182. The van der Waals surface area contributed by atoms with Gasteiger partial charge in [0, 0.05) is 22.2 Å². The minimum absolute atomic E-state index is 0.158. The summed E-state index contributed by atoms with van der Waals surface area (Å²) >= 11 is 11.9. The summed E-state index contributed by atoms with van der Waals surface area (Å²) in [5, 5.41) is 8.27. The van der Waals surface area contributed by atoms with Crippen LogP contribution in [-0.4, -0.2) is 31.8 Å². The van der Waals surface area contributed by atoms with Crippen molar-refractivity contribution in [3.05, 3.63) is 92.1 Å². The maximum atomic E-state index is 12.8. The second-order valence-corrected chi connectivity index (χ2v) is 8.06. The van der Waals surface area contributed by atoms with Gasteiger partial charge in [0.05, 0.1) is 19.3 Å². The Kier molecular flexibility index (Phi) is 6.06. The fourth-order valence-corrected chi connectivity index (χ4v) is 3.75. The Bertz CT molecular complexity index is 1290. The SMILES string of the molecule is Cc1ccc(Cn2cnc3c(cnn3CCNC(=O)c3cc(Cl)cc(Cl)c3)c2=O)cc1. The van der Waals surface area contributed by atoms with Crippen LogP contribution >= 0.6 is 23.2 Å². The number of hydrogen-bond acceptors (Lipinski definition) is 4. The molecule has 9 heteroatoms. The van der Waals surface area contributed by atoms with Crippen LogP contribution in [0.3, 0.4) is 0 Å². The predicted octanol–water partition coefficient (Wildman–Crippen LogP) is 3.69. The molecule has 2 heterocycles. The Balaban J connectivity index is 1.45. The normalized spacial score (nSPS) is 11.1. The maximum absolute atomic E-state index is 12.8. The molecule has 0 unspecified atom stereocenters. The van der Waals surface area contributed by atoms with Gasteiger partial charge >= 0.3 is 0 Å². The number of carbonyl (C=O) groups excluding carboxylic acids is 1. The minimum Gasteiger partial charge on any atom is -0.350 e. The summed E-state index contributed by atoms with van der Waals surface area (Å²) in [5.41, 5.74) is 2.88. The highest BCUT2D eigenvalue weighted by atomic mass is 35.5. The zero-order valence-electron chi connectivity index (χ0n) is 16.7. The second kappa shape index (κ2) is 8.91. The van der Waals surface area contributed by atoms with Gasteiger partial charge in [0.1, 0.15) is 11.7 Å². The van der Waals surface area contributed by atoms with Crippen molar-refractivity contribution in [1.29, 1.82) is 0 Å². The molecule has 158 valence electrons. The summed E-state index contributed by atoms with van der Waals surface area (Å²) in [6, 6.07) is 12.7. The van der Waals surface area contributed by atoms with Crippen molar-refractivity contribution in [2.24, 2.45) is 0 Å². The van der Waals surface area contributed by atoms with Crippen LogP contribution in [-0.2, 0) is 13.1 Å². The Morgan fingerprint density at radius 3 is 2.52 bits per heavy atom. The van der Waals surface area contributed by atoms with Crippen molar-refractivity contribution in [2.75, 3.05) is 6.54 Å². The van der Waals surface area contributed by atoms with Gasteiger partial charge in [-0.25, -0.2) is 9.67 Å². The van der Waals surface area contributed by atoms with Crippen LogP contribution in [0.25, 0.3) is 11.0 Å². The molecule has 31 heavy (non-hydrogen) atoms. The van der Waals surface area contributed by atoms with E-state index in [1.807, 2.05) is 31.2 Å². The molecule has 0 fully saturated rings. The maximum Gasteiger partial charge on any atom is 0.264 e. The van der Waals surface area contributed by atoms with E-state index < -0.39 is 0 Å². The first-order valence-electron chi connectivity index (χ1n) is 9.61. The molecular weight excluding hydrogens is 437 g/mol. The molecule has 1 N–H and O–H groups in total. The molecule has 0 radical (unpaired) electrons. The van der Waals surface area contributed by atoms with E-state index in [9.17, 15) is 9.59 Å². The van der Waals surface area contributed by atoms with Gasteiger partial charge in [-0.2, -0.15) is 5.10 Å². The van der Waals surface area contributed by atoms with Gasteiger partial charge in [0.2, 0.25) is 0 Å². The van der Waals surface area contributed by atoms with Gasteiger partial charge in [0.25, 0.3) is 11.5 Å². The van der Waals surface area contributed by atoms with E-state index in [1.165, 1.54) is 12.5 Å². The van der Waals surface area contributed by atoms with E-state index in [-0.39, 0.29) is 11.5 Å². The third-order valence-corrected chi connectivity index (χ3v) is 5.27. The molecule has 0 aliphatic carbocycles. The number of amides is 1. The number of fused-ring (bicyclic) bond motifs is 1. The highest BCUT2D eigenvalue weighted by Gasteiger charge is 2.12. The van der Waals surface area contributed by atoms with E-state index in [1.54, 1.807) is 27.4 Å². The number of aromatic nitrogens is 4. The molecule has 0 saturated carbocycles. The highest BCUT2D eigenvalue weighted by Crippen LogP contribution is 2.19. The smallest absolute Gasteiger partial charge is 0.264 e. The van der Waals surface area contributed by atoms with Gasteiger partial charge in [-0.15, -0.1) is 0 Å². The number of nitrogens with zero attached hydrogens (tertiary/aromatic N) is 4. The Morgan fingerprint density at radius 2 is 1.81 bits per heavy atom. The van der Waals surface area contributed by atoms with Crippen LogP contribution in [0, 0.1) is 6.92 Å². The first-order chi connectivity index (χ1) is 14.9. The number of halogens is 2. The number of carbonyl (C=O) groups is 1. The average Bonchev–Trinajstić information content (AvgIpc) is 3.14. The van der Waals surface area contributed by atoms with Gasteiger partial charge in [-0.05, 0) is 30.7 Å². The molecule has 0 bridgehead atoms. The zero-order chi connectivity index (χ0) is 22.0. The molecule has 4 aromatic rings. The lowest BCUT2D eigenvalue weighted by atomic mass is 10.1. The van der Waals surface area contributed by atoms with E-state index in [0.717, 1.165) is 11.1 Å². The topological polar surface area (TPSA) is 81.8 Å². The molecule has 4 rings (SSSR count). The average molecular weight is 456 g/mol. The molecule has 0 spiro atoms. The predicted molar refractivity (Wildman–Crippen MR) is 121 cm³/mol. The summed E-state index contributed by atoms with van der Waals surface area (Å²) in [7, 11) is 0. The van der Waals surface area contributed by atoms with Crippen molar-refractivity contribution in [2.45, 2.75) is 20.0 Å². The van der Waals surface area contributed by atoms with Crippen LogP contribution in [0.4, 0.5) is 0 Å². The number of rotatable bonds is 6. The minimum atomic E-state index is -0.297. The summed E-state index contributed by atoms with van der Waals surface area (Å²) in [5.74, 6) is -0.297. The molecular formula is C22H19Cl2N5O2. The molecule has 2 aromatic heterocycles. The van der Waals surface area contributed by atoms with Crippen LogP contribution in [0.1, 0.15) is 21.5 Å².